The van der Waals surface area contributed by atoms with Gasteiger partial charge < -0.3 is 25.2 Å². The van der Waals surface area contributed by atoms with Crippen LogP contribution in [0.3, 0.4) is 0 Å². The zero-order valence-corrected chi connectivity index (χ0v) is 11.7. The highest BCUT2D eigenvalue weighted by atomic mass is 16.5. The third-order valence-electron chi connectivity index (χ3n) is 1.39. The van der Waals surface area contributed by atoms with E-state index in [9.17, 15) is 14.4 Å². The first-order chi connectivity index (χ1) is 8.47. The van der Waals surface area contributed by atoms with Gasteiger partial charge in [0.2, 0.25) is 0 Å². The maximum atomic E-state index is 10.3. The first-order valence-electron chi connectivity index (χ1n) is 5.36. The number of hydrogen-bond donors (Lipinski definition) is 4. The summed E-state index contributed by atoms with van der Waals surface area (Å²) in [4.78, 5) is 29.2. The van der Waals surface area contributed by atoms with Gasteiger partial charge in [0.25, 0.3) is 0 Å². The van der Waals surface area contributed by atoms with Crippen LogP contribution in [0.4, 0.5) is 0 Å². The second-order valence-electron chi connectivity index (χ2n) is 3.71. The van der Waals surface area contributed by atoms with Crippen molar-refractivity contribution in [2.24, 2.45) is 5.92 Å². The predicted octanol–water partition coefficient (Wildman–Crippen LogP) is -0.281. The number of carboxylic acid groups (broad SMARTS) is 2. The van der Waals surface area contributed by atoms with Gasteiger partial charge in [-0.3, -0.25) is 4.79 Å². The molecule has 8 nitrogen and oxygen atoms in total. The predicted molar refractivity (Wildman–Crippen MR) is 65.5 cm³/mol. The fraction of sp³-hybridized carbons (Fsp3) is 0.727. The molecular weight excluding hydrogens is 260 g/mol. The van der Waals surface area contributed by atoms with Gasteiger partial charge >= 0.3 is 17.9 Å². The molecule has 0 aromatic heterocycles. The molecule has 0 radical (unpaired) electrons. The van der Waals surface area contributed by atoms with Crippen LogP contribution in [-0.4, -0.2) is 57.7 Å². The van der Waals surface area contributed by atoms with Gasteiger partial charge in [0.1, 0.15) is 12.2 Å². The Morgan fingerprint density at radius 3 is 1.05 bits per heavy atom. The number of aliphatic hydroxyl groups excluding tert-OH is 2. The van der Waals surface area contributed by atoms with E-state index >= 15 is 0 Å². The zero-order valence-electron chi connectivity index (χ0n) is 11.7. The monoisotopic (exact) mass is 282 g/mol. The van der Waals surface area contributed by atoms with Gasteiger partial charge in [0, 0.05) is 0 Å². The van der Waals surface area contributed by atoms with Crippen molar-refractivity contribution in [1.29, 1.82) is 0 Å². The van der Waals surface area contributed by atoms with Crippen LogP contribution in [-0.2, 0) is 19.1 Å². The van der Waals surface area contributed by atoms with Crippen LogP contribution in [0.1, 0.15) is 27.7 Å². The molecule has 0 bridgehead atoms. The quantitative estimate of drug-likeness (QED) is 0.518. The molecule has 0 aliphatic rings. The summed E-state index contributed by atoms with van der Waals surface area (Å²) in [6, 6.07) is 0. The lowest BCUT2D eigenvalue weighted by atomic mass is 10.2. The highest BCUT2D eigenvalue weighted by Gasteiger charge is 2.03. The Balaban J connectivity index is -0.000000203. The van der Waals surface area contributed by atoms with Crippen LogP contribution >= 0.6 is 0 Å². The van der Waals surface area contributed by atoms with Crippen molar-refractivity contribution in [2.75, 3.05) is 7.11 Å². The van der Waals surface area contributed by atoms with Gasteiger partial charge in [-0.1, -0.05) is 13.8 Å². The van der Waals surface area contributed by atoms with Crippen molar-refractivity contribution in [3.8, 4) is 0 Å². The maximum absolute atomic E-state index is 10.3. The maximum Gasteiger partial charge on any atom is 0.332 e. The Hall–Kier alpha value is -1.67. The topological polar surface area (TPSA) is 141 Å². The molecule has 2 atom stereocenters. The van der Waals surface area contributed by atoms with Crippen molar-refractivity contribution in [3.05, 3.63) is 0 Å². The van der Waals surface area contributed by atoms with Gasteiger partial charge in [0.15, 0.2) is 0 Å². The molecular formula is C11H22O8. The van der Waals surface area contributed by atoms with Crippen molar-refractivity contribution >= 4 is 17.9 Å². The Kier molecular flexibility index (Phi) is 15.1. The van der Waals surface area contributed by atoms with Crippen LogP contribution in [0.15, 0.2) is 0 Å². The molecule has 0 aliphatic heterocycles. The number of esters is 1. The third kappa shape index (κ3) is 22.1. The molecule has 0 rings (SSSR count). The largest absolute Gasteiger partial charge is 0.479 e. The smallest absolute Gasteiger partial charge is 0.332 e. The van der Waals surface area contributed by atoms with E-state index in [1.54, 1.807) is 13.8 Å². The van der Waals surface area contributed by atoms with E-state index in [1.807, 2.05) is 0 Å². The SMILES string of the molecule is COC(=O)C(C)C.C[C@@H](O)C(=O)O.C[C@H](O)C(=O)O. The molecule has 8 heteroatoms. The molecule has 0 aromatic rings. The van der Waals surface area contributed by atoms with E-state index in [2.05, 4.69) is 4.74 Å². The fourth-order valence-corrected chi connectivity index (χ4v) is 0.236. The summed E-state index contributed by atoms with van der Waals surface area (Å²) in [5, 5.41) is 31.5. The zero-order chi connectivity index (χ0) is 16.2. The molecule has 0 amide bonds. The van der Waals surface area contributed by atoms with E-state index < -0.39 is 24.1 Å². The number of carbonyl (C=O) groups is 3. The fourth-order valence-electron chi connectivity index (χ4n) is 0.236. The Labute approximate surface area is 111 Å². The van der Waals surface area contributed by atoms with E-state index in [0.717, 1.165) is 0 Å². The molecule has 114 valence electrons. The summed E-state index contributed by atoms with van der Waals surface area (Å²) in [5.41, 5.74) is 0. The Morgan fingerprint density at radius 1 is 0.842 bits per heavy atom. The lowest BCUT2D eigenvalue weighted by molar-refractivity contribution is -0.146. The molecule has 0 aromatic carbocycles. The standard InChI is InChI=1S/C5H10O2.2C3H6O3/c1-4(2)5(6)7-3;2*1-2(4)3(5)6/h4H,1-3H3;2*2,4H,1H3,(H,5,6)/t;2*2-/m.10/s1. The van der Waals surface area contributed by atoms with Gasteiger partial charge in [0.05, 0.1) is 13.0 Å². The van der Waals surface area contributed by atoms with E-state index in [-0.39, 0.29) is 11.9 Å². The van der Waals surface area contributed by atoms with Crippen LogP contribution in [0.5, 0.6) is 0 Å². The number of aliphatic hydroxyl groups is 2. The van der Waals surface area contributed by atoms with Gasteiger partial charge in [-0.25, -0.2) is 9.59 Å². The summed E-state index contributed by atoms with van der Waals surface area (Å²) in [7, 11) is 1.39. The van der Waals surface area contributed by atoms with E-state index in [0.29, 0.717) is 0 Å². The third-order valence-corrected chi connectivity index (χ3v) is 1.39. The average molecular weight is 282 g/mol. The average Bonchev–Trinajstić information content (AvgIpc) is 2.29. The summed E-state index contributed by atoms with van der Waals surface area (Å²) >= 11 is 0. The Morgan fingerprint density at radius 2 is 1.05 bits per heavy atom. The molecule has 0 heterocycles. The number of aliphatic carboxylic acids is 2. The lowest BCUT2D eigenvalue weighted by Crippen LogP contribution is -2.13. The number of methoxy groups -OCH3 is 1. The second-order valence-corrected chi connectivity index (χ2v) is 3.71. The lowest BCUT2D eigenvalue weighted by Gasteiger charge is -1.97. The van der Waals surface area contributed by atoms with E-state index in [4.69, 9.17) is 20.4 Å². The normalized spacial score (nSPS) is 12.0. The minimum absolute atomic E-state index is 0.00463. The number of ether oxygens (including phenoxy) is 1. The molecule has 19 heavy (non-hydrogen) atoms. The minimum atomic E-state index is -1.23. The van der Waals surface area contributed by atoms with Gasteiger partial charge in [-0.2, -0.15) is 0 Å². The van der Waals surface area contributed by atoms with E-state index in [1.165, 1.54) is 21.0 Å². The summed E-state index contributed by atoms with van der Waals surface area (Å²) in [6.07, 6.45) is -2.46. The first-order valence-corrected chi connectivity index (χ1v) is 5.36. The highest BCUT2D eigenvalue weighted by Crippen LogP contribution is 1.91. The Bertz CT molecular complexity index is 252. The van der Waals surface area contributed by atoms with Crippen LogP contribution in [0, 0.1) is 5.92 Å². The minimum Gasteiger partial charge on any atom is -0.479 e. The number of hydrogen-bond acceptors (Lipinski definition) is 6. The van der Waals surface area contributed by atoms with Crippen LogP contribution in [0.25, 0.3) is 0 Å². The molecule has 0 fully saturated rings. The summed E-state index contributed by atoms with van der Waals surface area (Å²) < 4.78 is 4.37. The molecule has 0 unspecified atom stereocenters. The van der Waals surface area contributed by atoms with Crippen molar-refractivity contribution in [2.45, 2.75) is 39.9 Å². The van der Waals surface area contributed by atoms with Crippen LogP contribution < -0.4 is 0 Å². The molecule has 0 spiro atoms. The van der Waals surface area contributed by atoms with Gasteiger partial charge in [-0.15, -0.1) is 0 Å². The number of rotatable bonds is 3. The van der Waals surface area contributed by atoms with Crippen molar-refractivity contribution in [1.82, 2.24) is 0 Å². The summed E-state index contributed by atoms with van der Waals surface area (Å²) in [6.45, 7) is 5.99. The highest BCUT2D eigenvalue weighted by molar-refractivity contribution is 5.71. The number of carbonyl (C=O) groups excluding carboxylic acids is 1. The number of carboxylic acids is 2. The molecule has 0 aliphatic carbocycles. The van der Waals surface area contributed by atoms with Crippen molar-refractivity contribution in [3.63, 3.8) is 0 Å². The van der Waals surface area contributed by atoms with Crippen LogP contribution in [0.2, 0.25) is 0 Å². The second kappa shape index (κ2) is 12.8. The molecule has 0 saturated carbocycles. The molecule has 4 N–H and O–H groups in total. The van der Waals surface area contributed by atoms with Gasteiger partial charge in [-0.05, 0) is 13.8 Å². The first kappa shape index (κ1) is 22.5. The summed E-state index contributed by atoms with van der Waals surface area (Å²) in [5.74, 6) is -2.52. The van der Waals surface area contributed by atoms with Crippen molar-refractivity contribution < 1.29 is 39.5 Å². The molecule has 0 saturated heterocycles.